The number of hydrogen-bond donors (Lipinski definition) is 0. The fourth-order valence-electron chi connectivity index (χ4n) is 2.72. The minimum absolute atomic E-state index is 0.101. The number of nitrogens with zero attached hydrogens (tertiary/aromatic N) is 2. The first-order valence-electron chi connectivity index (χ1n) is 6.64. The summed E-state index contributed by atoms with van der Waals surface area (Å²) in [6.07, 6.45) is 4.69. The van der Waals surface area contributed by atoms with E-state index in [1.165, 1.54) is 0 Å². The number of rotatable bonds is 2. The Labute approximate surface area is 136 Å². The first-order chi connectivity index (χ1) is 9.48. The van der Waals surface area contributed by atoms with Gasteiger partial charge in [-0.25, -0.2) is 0 Å². The van der Waals surface area contributed by atoms with Gasteiger partial charge < -0.3 is 4.90 Å². The Morgan fingerprint density at radius 1 is 1.20 bits per heavy atom. The van der Waals surface area contributed by atoms with Crippen LogP contribution in [-0.4, -0.2) is 23.4 Å². The summed E-state index contributed by atoms with van der Waals surface area (Å²) < 4.78 is 1.69. The Bertz CT molecular complexity index is 539. The number of carbonyl (C=O) groups excluding carboxylic acids is 1. The van der Waals surface area contributed by atoms with E-state index in [-0.39, 0.29) is 5.91 Å². The highest BCUT2D eigenvalue weighted by atomic mass is 79.9. The molecule has 106 valence electrons. The molecule has 0 aliphatic heterocycles. The standard InChI is InChI=1S/C15H16Br2N2O/c1-19(15(10-18)5-3-2-4-6-15)14(20)11-7-12(16)9-13(17)8-11/h7-9H,2-6H2,1H3. The lowest BCUT2D eigenvalue weighted by Gasteiger charge is -2.39. The third-order valence-electron chi connectivity index (χ3n) is 3.95. The summed E-state index contributed by atoms with van der Waals surface area (Å²) in [5.74, 6) is -0.101. The van der Waals surface area contributed by atoms with E-state index >= 15 is 0 Å². The van der Waals surface area contributed by atoms with Crippen LogP contribution in [0.3, 0.4) is 0 Å². The van der Waals surface area contributed by atoms with Gasteiger partial charge in [-0.1, -0.05) is 51.1 Å². The zero-order valence-electron chi connectivity index (χ0n) is 11.3. The molecule has 1 saturated carbocycles. The molecule has 1 aliphatic carbocycles. The molecule has 2 rings (SSSR count). The van der Waals surface area contributed by atoms with Crippen molar-refractivity contribution < 1.29 is 4.79 Å². The molecule has 1 amide bonds. The largest absolute Gasteiger partial charge is 0.323 e. The average molecular weight is 400 g/mol. The van der Waals surface area contributed by atoms with E-state index in [0.29, 0.717) is 5.56 Å². The second-order valence-corrected chi connectivity index (χ2v) is 7.06. The lowest BCUT2D eigenvalue weighted by atomic mass is 9.81. The minimum atomic E-state index is -0.649. The van der Waals surface area contributed by atoms with Crippen LogP contribution in [0.4, 0.5) is 0 Å². The maximum atomic E-state index is 12.6. The van der Waals surface area contributed by atoms with Gasteiger partial charge in [-0.3, -0.25) is 4.79 Å². The number of amides is 1. The highest BCUT2D eigenvalue weighted by Crippen LogP contribution is 2.33. The second kappa shape index (κ2) is 6.28. The topological polar surface area (TPSA) is 44.1 Å². The van der Waals surface area contributed by atoms with Crippen molar-refractivity contribution >= 4 is 37.8 Å². The van der Waals surface area contributed by atoms with Crippen LogP contribution in [0.5, 0.6) is 0 Å². The van der Waals surface area contributed by atoms with Gasteiger partial charge in [-0.05, 0) is 31.0 Å². The predicted octanol–water partition coefficient (Wildman–Crippen LogP) is 4.51. The van der Waals surface area contributed by atoms with E-state index < -0.39 is 5.54 Å². The molecular formula is C15H16Br2N2O. The third kappa shape index (κ3) is 3.07. The fourth-order valence-corrected chi connectivity index (χ4v) is 4.02. The number of benzene rings is 1. The molecule has 0 bridgehead atoms. The third-order valence-corrected chi connectivity index (χ3v) is 4.86. The van der Waals surface area contributed by atoms with E-state index in [1.54, 1.807) is 24.1 Å². The maximum absolute atomic E-state index is 12.6. The van der Waals surface area contributed by atoms with Crippen LogP contribution in [0, 0.1) is 11.3 Å². The maximum Gasteiger partial charge on any atom is 0.254 e. The van der Waals surface area contributed by atoms with Crippen molar-refractivity contribution in [1.82, 2.24) is 4.90 Å². The summed E-state index contributed by atoms with van der Waals surface area (Å²) in [5, 5.41) is 9.55. The van der Waals surface area contributed by atoms with Crippen molar-refractivity contribution in [3.63, 3.8) is 0 Å². The molecule has 0 spiro atoms. The molecular weight excluding hydrogens is 384 g/mol. The second-order valence-electron chi connectivity index (χ2n) is 5.23. The molecule has 1 aromatic carbocycles. The molecule has 1 aliphatic rings. The minimum Gasteiger partial charge on any atom is -0.323 e. The molecule has 5 heteroatoms. The first kappa shape index (κ1) is 15.5. The van der Waals surface area contributed by atoms with Gasteiger partial charge >= 0.3 is 0 Å². The molecule has 0 radical (unpaired) electrons. The Morgan fingerprint density at radius 3 is 2.25 bits per heavy atom. The lowest BCUT2D eigenvalue weighted by Crippen LogP contribution is -2.49. The van der Waals surface area contributed by atoms with Gasteiger partial charge in [0.05, 0.1) is 6.07 Å². The summed E-state index contributed by atoms with van der Waals surface area (Å²) in [6, 6.07) is 7.84. The zero-order chi connectivity index (χ0) is 14.8. The number of carbonyl (C=O) groups is 1. The number of hydrogen-bond acceptors (Lipinski definition) is 2. The highest BCUT2D eigenvalue weighted by Gasteiger charge is 2.39. The van der Waals surface area contributed by atoms with Crippen LogP contribution < -0.4 is 0 Å². The quantitative estimate of drug-likeness (QED) is 0.734. The van der Waals surface area contributed by atoms with Gasteiger partial charge in [0.25, 0.3) is 5.91 Å². The monoisotopic (exact) mass is 398 g/mol. The number of halogens is 2. The molecule has 0 atom stereocenters. The molecule has 0 unspecified atom stereocenters. The molecule has 20 heavy (non-hydrogen) atoms. The lowest BCUT2D eigenvalue weighted by molar-refractivity contribution is 0.0589. The van der Waals surface area contributed by atoms with Crippen LogP contribution in [-0.2, 0) is 0 Å². The molecule has 0 aromatic heterocycles. The van der Waals surface area contributed by atoms with Gasteiger partial charge in [-0.2, -0.15) is 5.26 Å². The van der Waals surface area contributed by atoms with Crippen LogP contribution in [0.1, 0.15) is 42.5 Å². The molecule has 0 heterocycles. The van der Waals surface area contributed by atoms with E-state index in [1.807, 2.05) is 6.07 Å². The molecule has 1 aromatic rings. The summed E-state index contributed by atoms with van der Waals surface area (Å²) >= 11 is 6.78. The van der Waals surface area contributed by atoms with Crippen molar-refractivity contribution in [3.05, 3.63) is 32.7 Å². The predicted molar refractivity (Wildman–Crippen MR) is 85.4 cm³/mol. The van der Waals surface area contributed by atoms with Crippen LogP contribution in [0.2, 0.25) is 0 Å². The van der Waals surface area contributed by atoms with Gasteiger partial charge in [0.2, 0.25) is 0 Å². The van der Waals surface area contributed by atoms with Crippen molar-refractivity contribution in [2.75, 3.05) is 7.05 Å². The van der Waals surface area contributed by atoms with Crippen molar-refractivity contribution in [1.29, 1.82) is 5.26 Å². The van der Waals surface area contributed by atoms with Crippen LogP contribution >= 0.6 is 31.9 Å². The average Bonchev–Trinajstić information content (AvgIpc) is 2.45. The van der Waals surface area contributed by atoms with Gasteiger partial charge in [-0.15, -0.1) is 0 Å². The summed E-state index contributed by atoms with van der Waals surface area (Å²) in [6.45, 7) is 0. The highest BCUT2D eigenvalue weighted by molar-refractivity contribution is 9.11. The van der Waals surface area contributed by atoms with Gasteiger partial charge in [0.15, 0.2) is 0 Å². The molecule has 0 N–H and O–H groups in total. The smallest absolute Gasteiger partial charge is 0.254 e. The van der Waals surface area contributed by atoms with E-state index in [4.69, 9.17) is 0 Å². The van der Waals surface area contributed by atoms with E-state index in [2.05, 4.69) is 37.9 Å². The summed E-state index contributed by atoms with van der Waals surface area (Å²) in [5.41, 5.74) is -0.0571. The van der Waals surface area contributed by atoms with Gasteiger partial charge in [0.1, 0.15) is 5.54 Å². The SMILES string of the molecule is CN(C(=O)c1cc(Br)cc(Br)c1)C1(C#N)CCCCC1. The van der Waals surface area contributed by atoms with Crippen molar-refractivity contribution in [2.45, 2.75) is 37.6 Å². The van der Waals surface area contributed by atoms with Gasteiger partial charge in [0, 0.05) is 21.6 Å². The molecule has 3 nitrogen and oxygen atoms in total. The van der Waals surface area contributed by atoms with Crippen molar-refractivity contribution in [3.8, 4) is 6.07 Å². The molecule has 1 fully saturated rings. The van der Waals surface area contributed by atoms with Crippen LogP contribution in [0.25, 0.3) is 0 Å². The van der Waals surface area contributed by atoms with E-state index in [9.17, 15) is 10.1 Å². The van der Waals surface area contributed by atoms with Crippen molar-refractivity contribution in [2.24, 2.45) is 0 Å². The van der Waals surface area contributed by atoms with E-state index in [0.717, 1.165) is 41.0 Å². The Balaban J connectivity index is 2.29. The fraction of sp³-hybridized carbons (Fsp3) is 0.467. The zero-order valence-corrected chi connectivity index (χ0v) is 14.5. The Morgan fingerprint density at radius 2 is 1.75 bits per heavy atom. The summed E-state index contributed by atoms with van der Waals surface area (Å²) in [7, 11) is 1.74. The molecule has 0 saturated heterocycles. The normalized spacial score (nSPS) is 17.3. The number of nitriles is 1. The van der Waals surface area contributed by atoms with Crippen LogP contribution in [0.15, 0.2) is 27.1 Å². The Kier molecular flexibility index (Phi) is 4.87. The first-order valence-corrected chi connectivity index (χ1v) is 8.23. The summed E-state index contributed by atoms with van der Waals surface area (Å²) in [4.78, 5) is 14.3. The Hall–Kier alpha value is -0.860.